The van der Waals surface area contributed by atoms with E-state index < -0.39 is 46.3 Å². The summed E-state index contributed by atoms with van der Waals surface area (Å²) in [5.41, 5.74) is -0.396. The summed E-state index contributed by atoms with van der Waals surface area (Å²) in [4.78, 5) is 11.8. The summed E-state index contributed by atoms with van der Waals surface area (Å²) in [6, 6.07) is 2.51. The minimum atomic E-state index is -1.70. The van der Waals surface area contributed by atoms with Gasteiger partial charge in [-0.15, -0.1) is 0 Å². The zero-order valence-electron chi connectivity index (χ0n) is 10.9. The molecule has 0 aliphatic carbocycles. The second-order valence-corrected chi connectivity index (χ2v) is 4.55. The van der Waals surface area contributed by atoms with Gasteiger partial charge < -0.3 is 0 Å². The van der Waals surface area contributed by atoms with Crippen LogP contribution >= 0.6 is 0 Å². The maximum atomic E-state index is 13.0. The van der Waals surface area contributed by atoms with Crippen molar-refractivity contribution in [2.45, 2.75) is 12.8 Å². The Kier molecular flexibility index (Phi) is 4.54. The van der Waals surface area contributed by atoms with Crippen molar-refractivity contribution in [2.24, 2.45) is 0 Å². The minimum Gasteiger partial charge on any atom is -0.294 e. The van der Waals surface area contributed by atoms with E-state index in [2.05, 4.69) is 0 Å². The molecule has 0 fully saturated rings. The summed E-state index contributed by atoms with van der Waals surface area (Å²) >= 11 is 0. The second kappa shape index (κ2) is 6.21. The van der Waals surface area contributed by atoms with Crippen LogP contribution in [-0.2, 0) is 6.42 Å². The van der Waals surface area contributed by atoms with E-state index in [1.54, 1.807) is 0 Å². The molecule has 0 amide bonds. The fraction of sp³-hybridized carbons (Fsp3) is 0.133. The fourth-order valence-corrected chi connectivity index (χ4v) is 1.87. The molecule has 0 atom stereocenters. The minimum absolute atomic E-state index is 0.00723. The van der Waals surface area contributed by atoms with E-state index in [1.807, 2.05) is 0 Å². The largest absolute Gasteiger partial charge is 0.294 e. The summed E-state index contributed by atoms with van der Waals surface area (Å²) < 4.78 is 77.5. The SMILES string of the molecule is O=C(CCc1cc(F)c(F)c(F)c1)c1cc(F)c(F)c(F)c1. The van der Waals surface area contributed by atoms with Gasteiger partial charge in [0.25, 0.3) is 0 Å². The smallest absolute Gasteiger partial charge is 0.194 e. The normalized spacial score (nSPS) is 10.8. The average molecular weight is 318 g/mol. The van der Waals surface area contributed by atoms with E-state index in [1.165, 1.54) is 0 Å². The number of Topliss-reactive ketones (excluding diaryl/α,β-unsaturated/α-hetero) is 1. The summed E-state index contributed by atoms with van der Waals surface area (Å²) in [6.45, 7) is 0. The molecule has 116 valence electrons. The monoisotopic (exact) mass is 318 g/mol. The lowest BCUT2D eigenvalue weighted by molar-refractivity contribution is 0.0981. The van der Waals surface area contributed by atoms with Crippen molar-refractivity contribution in [3.63, 3.8) is 0 Å². The van der Waals surface area contributed by atoms with Gasteiger partial charge in [-0.25, -0.2) is 26.3 Å². The number of hydrogen-bond donors (Lipinski definition) is 0. The molecule has 1 nitrogen and oxygen atoms in total. The molecule has 0 saturated heterocycles. The molecule has 0 unspecified atom stereocenters. The van der Waals surface area contributed by atoms with Crippen molar-refractivity contribution in [3.05, 3.63) is 70.3 Å². The molecule has 22 heavy (non-hydrogen) atoms. The molecule has 0 radical (unpaired) electrons. The molecule has 0 N–H and O–H groups in total. The molecule has 0 saturated carbocycles. The number of carbonyl (C=O) groups is 1. The van der Waals surface area contributed by atoms with E-state index in [0.29, 0.717) is 12.1 Å². The Morgan fingerprint density at radius 1 is 0.727 bits per heavy atom. The van der Waals surface area contributed by atoms with Crippen LogP contribution in [0.5, 0.6) is 0 Å². The molecule has 0 bridgehead atoms. The molecule has 2 aromatic carbocycles. The highest BCUT2D eigenvalue weighted by atomic mass is 19.2. The molecule has 2 aromatic rings. The number of halogens is 6. The third-order valence-corrected chi connectivity index (χ3v) is 2.99. The quantitative estimate of drug-likeness (QED) is 0.466. The van der Waals surface area contributed by atoms with Gasteiger partial charge in [-0.05, 0) is 36.2 Å². The Balaban J connectivity index is 2.13. The van der Waals surface area contributed by atoms with Crippen LogP contribution in [0.2, 0.25) is 0 Å². The number of benzene rings is 2. The lowest BCUT2D eigenvalue weighted by Crippen LogP contribution is -2.05. The van der Waals surface area contributed by atoms with Gasteiger partial charge in [0.15, 0.2) is 40.7 Å². The van der Waals surface area contributed by atoms with Crippen molar-refractivity contribution in [1.29, 1.82) is 0 Å². The molecule has 0 heterocycles. The standard InChI is InChI=1S/C15H8F6O/c16-9-3-7(4-10(17)14(9)20)1-2-13(22)8-5-11(18)15(21)12(19)6-8/h3-6H,1-2H2. The number of carbonyl (C=O) groups excluding carboxylic acids is 1. The molecule has 0 spiro atoms. The highest BCUT2D eigenvalue weighted by Gasteiger charge is 2.16. The second-order valence-electron chi connectivity index (χ2n) is 4.55. The number of aryl methyl sites for hydroxylation is 1. The number of hydrogen-bond acceptors (Lipinski definition) is 1. The molecule has 7 heteroatoms. The van der Waals surface area contributed by atoms with Gasteiger partial charge in [-0.3, -0.25) is 4.79 Å². The fourth-order valence-electron chi connectivity index (χ4n) is 1.87. The van der Waals surface area contributed by atoms with Gasteiger partial charge in [-0.2, -0.15) is 0 Å². The van der Waals surface area contributed by atoms with Crippen LogP contribution in [-0.4, -0.2) is 5.78 Å². The van der Waals surface area contributed by atoms with Crippen molar-refractivity contribution >= 4 is 5.78 Å². The van der Waals surface area contributed by atoms with Gasteiger partial charge in [0.2, 0.25) is 0 Å². The number of ketones is 1. The number of rotatable bonds is 4. The van der Waals surface area contributed by atoms with Crippen LogP contribution in [0.3, 0.4) is 0 Å². The van der Waals surface area contributed by atoms with Gasteiger partial charge in [0.1, 0.15) is 0 Å². The van der Waals surface area contributed by atoms with Crippen molar-refractivity contribution in [3.8, 4) is 0 Å². The zero-order valence-corrected chi connectivity index (χ0v) is 10.9. The predicted molar refractivity (Wildman–Crippen MR) is 65.3 cm³/mol. The van der Waals surface area contributed by atoms with Crippen molar-refractivity contribution in [1.82, 2.24) is 0 Å². The highest BCUT2D eigenvalue weighted by Crippen LogP contribution is 2.18. The van der Waals surface area contributed by atoms with Gasteiger partial charge in [0.05, 0.1) is 0 Å². The summed E-state index contributed by atoms with van der Waals surface area (Å²) in [5, 5.41) is 0. The maximum absolute atomic E-state index is 13.0. The Bertz CT molecular complexity index is 695. The van der Waals surface area contributed by atoms with E-state index >= 15 is 0 Å². The third kappa shape index (κ3) is 3.29. The van der Waals surface area contributed by atoms with Gasteiger partial charge >= 0.3 is 0 Å². The van der Waals surface area contributed by atoms with Crippen LogP contribution < -0.4 is 0 Å². The van der Waals surface area contributed by atoms with E-state index in [9.17, 15) is 31.1 Å². The lowest BCUT2D eigenvalue weighted by Gasteiger charge is -2.05. The Morgan fingerprint density at radius 3 is 1.59 bits per heavy atom. The predicted octanol–water partition coefficient (Wildman–Crippen LogP) is 4.34. The first-order chi connectivity index (χ1) is 10.3. The van der Waals surface area contributed by atoms with Gasteiger partial charge in [-0.1, -0.05) is 0 Å². The molecular formula is C15H8F6O. The zero-order chi connectivity index (χ0) is 16.4. The Morgan fingerprint density at radius 2 is 1.14 bits per heavy atom. The van der Waals surface area contributed by atoms with Crippen LogP contribution in [0.15, 0.2) is 24.3 Å². The van der Waals surface area contributed by atoms with Crippen LogP contribution in [0.1, 0.15) is 22.3 Å². The first kappa shape index (κ1) is 16.1. The third-order valence-electron chi connectivity index (χ3n) is 2.99. The first-order valence-corrected chi connectivity index (χ1v) is 6.10. The summed E-state index contributed by atoms with van der Waals surface area (Å²) in [7, 11) is 0. The maximum Gasteiger partial charge on any atom is 0.194 e. The topological polar surface area (TPSA) is 17.1 Å². The Labute approximate surface area is 121 Å². The van der Waals surface area contributed by atoms with E-state index in [4.69, 9.17) is 0 Å². The van der Waals surface area contributed by atoms with Crippen molar-refractivity contribution in [2.75, 3.05) is 0 Å². The molecule has 2 rings (SSSR count). The molecule has 0 aromatic heterocycles. The van der Waals surface area contributed by atoms with Crippen LogP contribution in [0, 0.1) is 34.9 Å². The summed E-state index contributed by atoms with van der Waals surface area (Å²) in [6.07, 6.45) is -0.511. The highest BCUT2D eigenvalue weighted by molar-refractivity contribution is 5.96. The van der Waals surface area contributed by atoms with E-state index in [-0.39, 0.29) is 18.4 Å². The Hall–Kier alpha value is -2.31. The molecule has 0 aliphatic heterocycles. The summed E-state index contributed by atoms with van der Waals surface area (Å²) in [5.74, 6) is -9.90. The lowest BCUT2D eigenvalue weighted by atomic mass is 10.0. The van der Waals surface area contributed by atoms with Gasteiger partial charge in [0, 0.05) is 12.0 Å². The average Bonchev–Trinajstić information content (AvgIpc) is 2.47. The van der Waals surface area contributed by atoms with Crippen LogP contribution in [0.4, 0.5) is 26.3 Å². The molecule has 0 aliphatic rings. The van der Waals surface area contributed by atoms with Crippen molar-refractivity contribution < 1.29 is 31.1 Å². The molecular weight excluding hydrogens is 310 g/mol. The first-order valence-electron chi connectivity index (χ1n) is 6.10. The van der Waals surface area contributed by atoms with E-state index in [0.717, 1.165) is 12.1 Å². The van der Waals surface area contributed by atoms with Crippen LogP contribution in [0.25, 0.3) is 0 Å².